The summed E-state index contributed by atoms with van der Waals surface area (Å²) in [6, 6.07) is 16.6. The summed E-state index contributed by atoms with van der Waals surface area (Å²) in [7, 11) is -3.63. The maximum atomic E-state index is 12.1. The van der Waals surface area contributed by atoms with Crippen molar-refractivity contribution in [3.63, 3.8) is 0 Å². The summed E-state index contributed by atoms with van der Waals surface area (Å²) in [6.45, 7) is 0. The first-order chi connectivity index (χ1) is 11.1. The van der Waals surface area contributed by atoms with Gasteiger partial charge in [-0.05, 0) is 42.0 Å². The minimum absolute atomic E-state index is 0.113. The van der Waals surface area contributed by atoms with Gasteiger partial charge in [0.15, 0.2) is 0 Å². The molecule has 2 aromatic rings. The highest BCUT2D eigenvalue weighted by atomic mass is 32.2. The third kappa shape index (κ3) is 4.58. The fourth-order valence-electron chi connectivity index (χ4n) is 3.19. The van der Waals surface area contributed by atoms with Gasteiger partial charge in [0, 0.05) is 0 Å². The van der Waals surface area contributed by atoms with Gasteiger partial charge >= 0.3 is 10.1 Å². The van der Waals surface area contributed by atoms with Crippen LogP contribution in [0, 0.1) is 0 Å². The van der Waals surface area contributed by atoms with Crippen LogP contribution >= 0.6 is 0 Å². The highest BCUT2D eigenvalue weighted by Crippen LogP contribution is 2.33. The molecule has 0 bridgehead atoms. The summed E-state index contributed by atoms with van der Waals surface area (Å²) in [4.78, 5) is 0. The Kier molecular flexibility index (Phi) is 5.01. The van der Waals surface area contributed by atoms with Gasteiger partial charge in [0.1, 0.15) is 11.5 Å². The van der Waals surface area contributed by atoms with Crippen molar-refractivity contribution in [2.45, 2.75) is 43.8 Å². The van der Waals surface area contributed by atoms with Crippen molar-refractivity contribution in [2.75, 3.05) is 0 Å². The number of rotatable bonds is 5. The van der Waals surface area contributed by atoms with E-state index in [-0.39, 0.29) is 5.75 Å². The molecule has 3 rings (SSSR count). The molecule has 0 N–H and O–H groups in total. The molecule has 23 heavy (non-hydrogen) atoms. The van der Waals surface area contributed by atoms with Crippen LogP contribution in [0.1, 0.15) is 49.1 Å². The maximum absolute atomic E-state index is 12.1. The van der Waals surface area contributed by atoms with E-state index in [0.29, 0.717) is 11.7 Å². The van der Waals surface area contributed by atoms with Crippen LogP contribution in [0.3, 0.4) is 0 Å². The van der Waals surface area contributed by atoms with Crippen LogP contribution in [0.4, 0.5) is 0 Å². The van der Waals surface area contributed by atoms with E-state index in [9.17, 15) is 8.42 Å². The molecule has 4 heteroatoms. The molecular formula is C19H22O3S. The molecule has 0 saturated heterocycles. The SMILES string of the molecule is O=S(=O)(Cc1ccccc1)Oc1ccc(C2CCCCC2)cc1. The maximum Gasteiger partial charge on any atom is 0.313 e. The molecule has 1 saturated carbocycles. The lowest BCUT2D eigenvalue weighted by molar-refractivity contribution is 0.443. The fraction of sp³-hybridized carbons (Fsp3) is 0.368. The van der Waals surface area contributed by atoms with Crippen molar-refractivity contribution in [1.82, 2.24) is 0 Å². The summed E-state index contributed by atoms with van der Waals surface area (Å²) < 4.78 is 29.5. The molecule has 0 heterocycles. The Morgan fingerprint density at radius 1 is 0.870 bits per heavy atom. The van der Waals surface area contributed by atoms with Crippen LogP contribution in [0.5, 0.6) is 5.75 Å². The predicted molar refractivity (Wildman–Crippen MR) is 92.0 cm³/mol. The van der Waals surface area contributed by atoms with Gasteiger partial charge in [-0.1, -0.05) is 61.7 Å². The highest BCUT2D eigenvalue weighted by molar-refractivity contribution is 7.86. The molecule has 0 radical (unpaired) electrons. The third-order valence-electron chi connectivity index (χ3n) is 4.37. The normalized spacial score (nSPS) is 16.2. The van der Waals surface area contributed by atoms with E-state index in [1.165, 1.54) is 37.7 Å². The molecule has 0 aromatic heterocycles. The van der Waals surface area contributed by atoms with Crippen molar-refractivity contribution >= 4 is 10.1 Å². The molecular weight excluding hydrogens is 308 g/mol. The Labute approximate surface area is 138 Å². The Hall–Kier alpha value is -1.81. The van der Waals surface area contributed by atoms with Crippen molar-refractivity contribution in [3.05, 3.63) is 65.7 Å². The minimum atomic E-state index is -3.63. The molecule has 0 unspecified atom stereocenters. The van der Waals surface area contributed by atoms with Gasteiger partial charge in [-0.15, -0.1) is 0 Å². The van der Waals surface area contributed by atoms with E-state index >= 15 is 0 Å². The first-order valence-electron chi connectivity index (χ1n) is 8.18. The quantitative estimate of drug-likeness (QED) is 0.750. The van der Waals surface area contributed by atoms with Crippen molar-refractivity contribution in [3.8, 4) is 5.75 Å². The van der Waals surface area contributed by atoms with Gasteiger partial charge in [0.05, 0.1) is 0 Å². The molecule has 0 spiro atoms. The summed E-state index contributed by atoms with van der Waals surface area (Å²) in [6.07, 6.45) is 6.36. The zero-order chi connectivity index (χ0) is 16.1. The smallest absolute Gasteiger partial charge is 0.313 e. The minimum Gasteiger partial charge on any atom is -0.382 e. The van der Waals surface area contributed by atoms with Crippen molar-refractivity contribution in [2.24, 2.45) is 0 Å². The molecule has 0 atom stereocenters. The van der Waals surface area contributed by atoms with Crippen molar-refractivity contribution in [1.29, 1.82) is 0 Å². The number of benzene rings is 2. The molecule has 122 valence electrons. The second-order valence-electron chi connectivity index (χ2n) is 6.17. The second-order valence-corrected chi connectivity index (χ2v) is 7.75. The standard InChI is InChI=1S/C19H22O3S/c20-23(21,15-16-7-3-1-4-8-16)22-19-13-11-18(12-14-19)17-9-5-2-6-10-17/h1,3-4,7-8,11-14,17H,2,5-6,9-10,15H2. The van der Waals surface area contributed by atoms with Crippen LogP contribution in [0.15, 0.2) is 54.6 Å². The zero-order valence-corrected chi connectivity index (χ0v) is 14.0. The van der Waals surface area contributed by atoms with Gasteiger partial charge in [0.25, 0.3) is 0 Å². The molecule has 1 aliphatic carbocycles. The fourth-order valence-corrected chi connectivity index (χ4v) is 4.25. The lowest BCUT2D eigenvalue weighted by atomic mass is 9.84. The first kappa shape index (κ1) is 16.1. The zero-order valence-electron chi connectivity index (χ0n) is 13.1. The van der Waals surface area contributed by atoms with Gasteiger partial charge in [-0.2, -0.15) is 8.42 Å². The van der Waals surface area contributed by atoms with Crippen LogP contribution < -0.4 is 4.18 Å². The molecule has 2 aromatic carbocycles. The molecule has 0 aliphatic heterocycles. The molecule has 1 aliphatic rings. The first-order valence-corrected chi connectivity index (χ1v) is 9.76. The van der Waals surface area contributed by atoms with Crippen LogP contribution in [-0.2, 0) is 15.9 Å². The lowest BCUT2D eigenvalue weighted by Crippen LogP contribution is -2.12. The monoisotopic (exact) mass is 330 g/mol. The Morgan fingerprint density at radius 2 is 1.52 bits per heavy atom. The average molecular weight is 330 g/mol. The van der Waals surface area contributed by atoms with E-state index in [2.05, 4.69) is 0 Å². The third-order valence-corrected chi connectivity index (χ3v) is 5.50. The van der Waals surface area contributed by atoms with E-state index in [0.717, 1.165) is 5.56 Å². The summed E-state index contributed by atoms with van der Waals surface area (Å²) in [5.74, 6) is 0.886. The van der Waals surface area contributed by atoms with Gasteiger partial charge in [0.2, 0.25) is 0 Å². The second kappa shape index (κ2) is 7.18. The van der Waals surface area contributed by atoms with Gasteiger partial charge < -0.3 is 4.18 Å². The highest BCUT2D eigenvalue weighted by Gasteiger charge is 2.17. The topological polar surface area (TPSA) is 43.4 Å². The molecule has 1 fully saturated rings. The Morgan fingerprint density at radius 3 is 2.17 bits per heavy atom. The predicted octanol–water partition coefficient (Wildman–Crippen LogP) is 4.64. The summed E-state index contributed by atoms with van der Waals surface area (Å²) >= 11 is 0. The van der Waals surface area contributed by atoms with Crippen LogP contribution in [0.25, 0.3) is 0 Å². The Bertz CT molecular complexity index is 715. The Balaban J connectivity index is 1.65. The van der Waals surface area contributed by atoms with E-state index in [1.807, 2.05) is 30.3 Å². The summed E-state index contributed by atoms with van der Waals surface area (Å²) in [5, 5.41) is 0. The van der Waals surface area contributed by atoms with Gasteiger partial charge in [-0.3, -0.25) is 0 Å². The van der Waals surface area contributed by atoms with E-state index < -0.39 is 10.1 Å². The van der Waals surface area contributed by atoms with E-state index in [4.69, 9.17) is 4.18 Å². The average Bonchev–Trinajstić information content (AvgIpc) is 2.56. The number of hydrogen-bond acceptors (Lipinski definition) is 3. The molecule has 3 nitrogen and oxygen atoms in total. The van der Waals surface area contributed by atoms with Crippen LogP contribution in [-0.4, -0.2) is 8.42 Å². The molecule has 0 amide bonds. The summed E-state index contributed by atoms with van der Waals surface area (Å²) in [5.41, 5.74) is 2.02. The lowest BCUT2D eigenvalue weighted by Gasteiger charge is -2.22. The van der Waals surface area contributed by atoms with Gasteiger partial charge in [-0.25, -0.2) is 0 Å². The largest absolute Gasteiger partial charge is 0.382 e. The van der Waals surface area contributed by atoms with E-state index in [1.54, 1.807) is 24.3 Å². The van der Waals surface area contributed by atoms with Crippen molar-refractivity contribution < 1.29 is 12.6 Å². The van der Waals surface area contributed by atoms with Crippen LogP contribution in [0.2, 0.25) is 0 Å². The number of hydrogen-bond donors (Lipinski definition) is 0.